The van der Waals surface area contributed by atoms with Crippen molar-refractivity contribution in [3.63, 3.8) is 0 Å². The fourth-order valence-corrected chi connectivity index (χ4v) is 5.70. The number of nitrogens with zero attached hydrogens (tertiary/aromatic N) is 2. The number of amides is 4. The Kier molecular flexibility index (Phi) is 6.38. The van der Waals surface area contributed by atoms with Crippen molar-refractivity contribution in [1.29, 1.82) is 0 Å². The van der Waals surface area contributed by atoms with Gasteiger partial charge >= 0.3 is 0 Å². The van der Waals surface area contributed by atoms with Gasteiger partial charge in [0.25, 0.3) is 11.8 Å². The van der Waals surface area contributed by atoms with Gasteiger partial charge in [0.1, 0.15) is 6.04 Å². The Morgan fingerprint density at radius 3 is 2.46 bits per heavy atom. The van der Waals surface area contributed by atoms with Crippen molar-refractivity contribution >= 4 is 29.3 Å². The number of piperidine rings is 2. The second kappa shape index (κ2) is 9.62. The normalized spacial score (nSPS) is 23.3. The Bertz CT molecular complexity index is 1170. The fourth-order valence-electron chi connectivity index (χ4n) is 5.70. The van der Waals surface area contributed by atoms with Crippen LogP contribution in [-0.2, 0) is 16.0 Å². The molecule has 2 aromatic rings. The predicted octanol–water partition coefficient (Wildman–Crippen LogP) is 2.26. The molecule has 3 aliphatic heterocycles. The highest BCUT2D eigenvalue weighted by atomic mass is 16.2. The van der Waals surface area contributed by atoms with Gasteiger partial charge in [-0.3, -0.25) is 29.4 Å². The van der Waals surface area contributed by atoms with E-state index in [-0.39, 0.29) is 30.7 Å². The zero-order chi connectivity index (χ0) is 24.5. The first kappa shape index (κ1) is 23.2. The summed E-state index contributed by atoms with van der Waals surface area (Å²) in [5, 5.41) is 2.24. The van der Waals surface area contributed by atoms with E-state index >= 15 is 0 Å². The summed E-state index contributed by atoms with van der Waals surface area (Å²) in [6.45, 7) is 1.41. The summed E-state index contributed by atoms with van der Waals surface area (Å²) in [5.74, 6) is -1.69. The summed E-state index contributed by atoms with van der Waals surface area (Å²) in [5.41, 5.74) is 9.02. The van der Waals surface area contributed by atoms with Crippen LogP contribution >= 0.6 is 0 Å². The van der Waals surface area contributed by atoms with Crippen LogP contribution in [0.4, 0.5) is 5.69 Å². The van der Waals surface area contributed by atoms with Crippen molar-refractivity contribution in [2.45, 2.75) is 50.6 Å². The molecule has 5 rings (SSSR count). The summed E-state index contributed by atoms with van der Waals surface area (Å²) in [7, 11) is 0. The van der Waals surface area contributed by atoms with E-state index in [1.165, 1.54) is 5.56 Å². The Labute approximate surface area is 204 Å². The third-order valence-electron chi connectivity index (χ3n) is 7.49. The maximum absolute atomic E-state index is 13.3. The zero-order valence-electron chi connectivity index (χ0n) is 19.6. The predicted molar refractivity (Wildman–Crippen MR) is 131 cm³/mol. The van der Waals surface area contributed by atoms with E-state index in [0.29, 0.717) is 17.7 Å². The molecule has 0 spiro atoms. The first-order valence-electron chi connectivity index (χ1n) is 12.3. The summed E-state index contributed by atoms with van der Waals surface area (Å²) in [6, 6.07) is 15.0. The molecule has 2 fully saturated rings. The molecule has 2 aromatic carbocycles. The van der Waals surface area contributed by atoms with Gasteiger partial charge in [-0.1, -0.05) is 30.3 Å². The number of hydrogen-bond donors (Lipinski definition) is 2. The summed E-state index contributed by atoms with van der Waals surface area (Å²) in [6.07, 6.45) is 4.32. The Morgan fingerprint density at radius 1 is 0.943 bits per heavy atom. The van der Waals surface area contributed by atoms with Crippen molar-refractivity contribution in [2.24, 2.45) is 11.7 Å². The summed E-state index contributed by atoms with van der Waals surface area (Å²) in [4.78, 5) is 53.6. The number of carbonyl (C=O) groups excluding carboxylic acids is 4. The number of imide groups is 2. The lowest BCUT2D eigenvalue weighted by atomic mass is 9.85. The molecule has 3 atom stereocenters. The van der Waals surface area contributed by atoms with E-state index in [0.717, 1.165) is 42.8 Å². The molecular formula is C27H30N4O4. The minimum absolute atomic E-state index is 0.104. The molecule has 35 heavy (non-hydrogen) atoms. The average Bonchev–Trinajstić information content (AvgIpc) is 3.12. The van der Waals surface area contributed by atoms with Crippen LogP contribution in [0.5, 0.6) is 0 Å². The van der Waals surface area contributed by atoms with Gasteiger partial charge < -0.3 is 10.6 Å². The van der Waals surface area contributed by atoms with E-state index < -0.39 is 23.8 Å². The molecule has 0 bridgehead atoms. The molecule has 0 aromatic heterocycles. The van der Waals surface area contributed by atoms with Crippen molar-refractivity contribution in [1.82, 2.24) is 10.2 Å². The van der Waals surface area contributed by atoms with Gasteiger partial charge in [-0.05, 0) is 68.3 Å². The number of carbonyl (C=O) groups is 4. The van der Waals surface area contributed by atoms with Gasteiger partial charge in [0, 0.05) is 24.7 Å². The molecular weight excluding hydrogens is 444 g/mol. The van der Waals surface area contributed by atoms with E-state index in [1.807, 2.05) is 24.3 Å². The molecule has 4 amide bonds. The standard InChI is InChI=1S/C27H30N4O4/c28-16-18(14-17-6-2-1-3-7-17)22-8-4-5-13-30(22)19-9-10-20-21(15-19)27(35)31(26(20)34)23-11-12-24(32)29-25(23)33/h1-3,6-7,9-10,15,18,22-23H,4-5,8,11-14,16,28H2,(H,29,32,33). The zero-order valence-corrected chi connectivity index (χ0v) is 19.6. The fraction of sp³-hybridized carbons (Fsp3) is 0.407. The number of rotatable bonds is 6. The van der Waals surface area contributed by atoms with Crippen LogP contribution in [0.25, 0.3) is 0 Å². The van der Waals surface area contributed by atoms with Gasteiger partial charge in [0.05, 0.1) is 11.1 Å². The van der Waals surface area contributed by atoms with E-state index in [1.54, 1.807) is 12.1 Å². The van der Waals surface area contributed by atoms with Crippen LogP contribution < -0.4 is 16.0 Å². The van der Waals surface area contributed by atoms with Crippen LogP contribution in [0, 0.1) is 5.92 Å². The molecule has 2 saturated heterocycles. The lowest BCUT2D eigenvalue weighted by Gasteiger charge is -2.42. The summed E-state index contributed by atoms with van der Waals surface area (Å²) < 4.78 is 0. The highest BCUT2D eigenvalue weighted by Crippen LogP contribution is 2.35. The number of hydrogen-bond acceptors (Lipinski definition) is 6. The number of benzene rings is 2. The van der Waals surface area contributed by atoms with E-state index in [4.69, 9.17) is 5.73 Å². The maximum atomic E-state index is 13.3. The SMILES string of the molecule is NCC(Cc1ccccc1)C1CCCCN1c1ccc2c(c1)C(=O)N(C1CCC(=O)NC1=O)C2=O. The summed E-state index contributed by atoms with van der Waals surface area (Å²) >= 11 is 0. The molecule has 0 aliphatic carbocycles. The molecule has 3 heterocycles. The van der Waals surface area contributed by atoms with Crippen molar-refractivity contribution in [2.75, 3.05) is 18.0 Å². The van der Waals surface area contributed by atoms with Crippen LogP contribution in [0.15, 0.2) is 48.5 Å². The van der Waals surface area contributed by atoms with Crippen LogP contribution in [0.1, 0.15) is 58.4 Å². The van der Waals surface area contributed by atoms with E-state index in [2.05, 4.69) is 22.3 Å². The van der Waals surface area contributed by atoms with E-state index in [9.17, 15) is 19.2 Å². The monoisotopic (exact) mass is 474 g/mol. The molecule has 8 heteroatoms. The minimum atomic E-state index is -0.959. The number of fused-ring (bicyclic) bond motifs is 1. The van der Waals surface area contributed by atoms with Gasteiger partial charge in [-0.15, -0.1) is 0 Å². The first-order chi connectivity index (χ1) is 17.0. The van der Waals surface area contributed by atoms with Gasteiger partial charge in [-0.25, -0.2) is 0 Å². The molecule has 3 unspecified atom stereocenters. The second-order valence-corrected chi connectivity index (χ2v) is 9.62. The molecule has 3 N–H and O–H groups in total. The van der Waals surface area contributed by atoms with Crippen LogP contribution in [-0.4, -0.2) is 53.7 Å². The molecule has 0 radical (unpaired) electrons. The average molecular weight is 475 g/mol. The molecule has 0 saturated carbocycles. The van der Waals surface area contributed by atoms with Crippen LogP contribution in [0.2, 0.25) is 0 Å². The third kappa shape index (κ3) is 4.34. The topological polar surface area (TPSA) is 113 Å². The first-order valence-corrected chi connectivity index (χ1v) is 12.3. The molecule has 182 valence electrons. The minimum Gasteiger partial charge on any atom is -0.368 e. The largest absolute Gasteiger partial charge is 0.368 e. The second-order valence-electron chi connectivity index (χ2n) is 9.62. The molecule has 3 aliphatic rings. The lowest BCUT2D eigenvalue weighted by molar-refractivity contribution is -0.136. The smallest absolute Gasteiger partial charge is 0.262 e. The Morgan fingerprint density at radius 2 is 1.71 bits per heavy atom. The highest BCUT2D eigenvalue weighted by molar-refractivity contribution is 6.23. The maximum Gasteiger partial charge on any atom is 0.262 e. The van der Waals surface area contributed by atoms with Gasteiger partial charge in [-0.2, -0.15) is 0 Å². The number of nitrogens with one attached hydrogen (secondary N) is 1. The van der Waals surface area contributed by atoms with Gasteiger partial charge in [0.15, 0.2) is 0 Å². The lowest BCUT2D eigenvalue weighted by Crippen LogP contribution is -2.54. The Hall–Kier alpha value is -3.52. The highest BCUT2D eigenvalue weighted by Gasteiger charge is 2.45. The van der Waals surface area contributed by atoms with Crippen molar-refractivity contribution in [3.8, 4) is 0 Å². The van der Waals surface area contributed by atoms with Crippen LogP contribution in [0.3, 0.4) is 0 Å². The van der Waals surface area contributed by atoms with Gasteiger partial charge in [0.2, 0.25) is 11.8 Å². The number of anilines is 1. The third-order valence-corrected chi connectivity index (χ3v) is 7.49. The quantitative estimate of drug-likeness (QED) is 0.621. The molecule has 8 nitrogen and oxygen atoms in total. The Balaban J connectivity index is 1.41. The van der Waals surface area contributed by atoms with Crippen molar-refractivity contribution < 1.29 is 19.2 Å². The van der Waals surface area contributed by atoms with Crippen molar-refractivity contribution in [3.05, 3.63) is 65.2 Å². The number of nitrogens with two attached hydrogens (primary N) is 1.